The number of benzene rings is 1. The molecule has 0 spiro atoms. The highest BCUT2D eigenvalue weighted by Crippen LogP contribution is 2.30. The van der Waals surface area contributed by atoms with Crippen LogP contribution in [0.3, 0.4) is 0 Å². The van der Waals surface area contributed by atoms with Gasteiger partial charge in [-0.3, -0.25) is 19.3 Å². The van der Waals surface area contributed by atoms with Crippen LogP contribution in [0.25, 0.3) is 0 Å². The second-order valence-electron chi connectivity index (χ2n) is 6.79. The Labute approximate surface area is 156 Å². The van der Waals surface area contributed by atoms with Gasteiger partial charge in [-0.2, -0.15) is 0 Å². The number of carbonyl (C=O) groups is 4. The van der Waals surface area contributed by atoms with E-state index in [1.165, 1.54) is 0 Å². The van der Waals surface area contributed by atoms with Crippen molar-refractivity contribution in [1.82, 2.24) is 15.1 Å². The van der Waals surface area contributed by atoms with Crippen molar-refractivity contribution in [2.24, 2.45) is 5.92 Å². The molecule has 27 heavy (non-hydrogen) atoms. The van der Waals surface area contributed by atoms with Crippen LogP contribution < -0.4 is 14.8 Å². The maximum atomic E-state index is 12.2. The molecule has 1 atom stereocenters. The first-order valence-electron chi connectivity index (χ1n) is 8.69. The third-order valence-corrected chi connectivity index (χ3v) is 4.08. The Bertz CT molecular complexity index is 778. The molecule has 1 aromatic carbocycles. The summed E-state index contributed by atoms with van der Waals surface area (Å²) in [5, 5.41) is 2.60. The minimum atomic E-state index is -0.984. The second-order valence-corrected chi connectivity index (χ2v) is 6.79. The number of hydrogen-bond donors (Lipinski definition) is 1. The number of amides is 5. The molecular formula is C18H21N3O6. The van der Waals surface area contributed by atoms with Gasteiger partial charge in [0.25, 0.3) is 0 Å². The number of nitrogens with zero attached hydrogens (tertiary/aromatic N) is 2. The lowest BCUT2D eigenvalue weighted by Crippen LogP contribution is -2.46. The van der Waals surface area contributed by atoms with E-state index in [2.05, 4.69) is 5.32 Å². The summed E-state index contributed by atoms with van der Waals surface area (Å²) in [6, 6.07) is 6.43. The molecule has 1 saturated heterocycles. The van der Waals surface area contributed by atoms with Crippen LogP contribution in [0.2, 0.25) is 0 Å². The predicted octanol–water partition coefficient (Wildman–Crippen LogP) is 0.389. The van der Waals surface area contributed by atoms with Gasteiger partial charge in [-0.05, 0) is 18.1 Å². The molecule has 0 saturated carbocycles. The molecule has 2 aliphatic rings. The lowest BCUT2D eigenvalue weighted by Gasteiger charge is -2.26. The molecule has 9 heteroatoms. The zero-order valence-corrected chi connectivity index (χ0v) is 15.1. The van der Waals surface area contributed by atoms with Gasteiger partial charge < -0.3 is 14.8 Å². The van der Waals surface area contributed by atoms with Crippen LogP contribution in [0.15, 0.2) is 24.3 Å². The minimum absolute atomic E-state index is 0.0193. The Balaban J connectivity index is 1.52. The largest absolute Gasteiger partial charge is 0.486 e. The average molecular weight is 375 g/mol. The van der Waals surface area contributed by atoms with Gasteiger partial charge in [0.2, 0.25) is 5.91 Å². The number of rotatable bonds is 6. The molecule has 1 fully saturated rings. The SMILES string of the molecule is CC(C)CN1C(=O)C(=O)N(CC(=O)NCC2COc3ccccc3O2)C1=O. The third kappa shape index (κ3) is 4.02. The van der Waals surface area contributed by atoms with Crippen LogP contribution in [0.4, 0.5) is 4.79 Å². The van der Waals surface area contributed by atoms with Crippen molar-refractivity contribution in [2.45, 2.75) is 20.0 Å². The number of urea groups is 1. The fourth-order valence-corrected chi connectivity index (χ4v) is 2.81. The smallest absolute Gasteiger partial charge is 0.334 e. The average Bonchev–Trinajstić information content (AvgIpc) is 2.84. The molecule has 9 nitrogen and oxygen atoms in total. The number of ether oxygens (including phenoxy) is 2. The maximum absolute atomic E-state index is 12.2. The van der Waals surface area contributed by atoms with E-state index in [1.54, 1.807) is 12.1 Å². The number of carbonyl (C=O) groups excluding carboxylic acids is 4. The Morgan fingerprint density at radius 1 is 1.15 bits per heavy atom. The van der Waals surface area contributed by atoms with Crippen LogP contribution >= 0.6 is 0 Å². The minimum Gasteiger partial charge on any atom is -0.486 e. The van der Waals surface area contributed by atoms with Gasteiger partial charge in [0.05, 0.1) is 6.54 Å². The molecule has 2 heterocycles. The van der Waals surface area contributed by atoms with E-state index < -0.39 is 36.4 Å². The number of nitrogens with one attached hydrogen (secondary N) is 1. The highest BCUT2D eigenvalue weighted by Gasteiger charge is 2.45. The van der Waals surface area contributed by atoms with Crippen LogP contribution in [0, 0.1) is 5.92 Å². The Morgan fingerprint density at radius 3 is 2.52 bits per heavy atom. The number of fused-ring (bicyclic) bond motifs is 1. The first-order chi connectivity index (χ1) is 12.9. The molecule has 0 aromatic heterocycles. The molecule has 144 valence electrons. The van der Waals surface area contributed by atoms with Crippen LogP contribution in [0.5, 0.6) is 11.5 Å². The Morgan fingerprint density at radius 2 is 1.81 bits per heavy atom. The number of para-hydroxylation sites is 2. The molecule has 5 amide bonds. The molecule has 2 aliphatic heterocycles. The van der Waals surface area contributed by atoms with Crippen molar-refractivity contribution < 1.29 is 28.7 Å². The monoisotopic (exact) mass is 375 g/mol. The zero-order chi connectivity index (χ0) is 19.6. The van der Waals surface area contributed by atoms with E-state index in [9.17, 15) is 19.2 Å². The molecule has 0 bridgehead atoms. The van der Waals surface area contributed by atoms with Crippen molar-refractivity contribution in [3.8, 4) is 11.5 Å². The summed E-state index contributed by atoms with van der Waals surface area (Å²) >= 11 is 0. The van der Waals surface area contributed by atoms with Gasteiger partial charge in [-0.1, -0.05) is 26.0 Å². The highest BCUT2D eigenvalue weighted by atomic mass is 16.6. The predicted molar refractivity (Wildman–Crippen MR) is 93.0 cm³/mol. The van der Waals surface area contributed by atoms with Gasteiger partial charge in [-0.15, -0.1) is 0 Å². The molecule has 3 rings (SSSR count). The number of imide groups is 2. The summed E-state index contributed by atoms with van der Waals surface area (Å²) in [5.41, 5.74) is 0. The van der Waals surface area contributed by atoms with E-state index in [1.807, 2.05) is 26.0 Å². The van der Waals surface area contributed by atoms with Crippen LogP contribution in [-0.2, 0) is 14.4 Å². The molecule has 0 radical (unpaired) electrons. The highest BCUT2D eigenvalue weighted by molar-refractivity contribution is 6.45. The van der Waals surface area contributed by atoms with Crippen molar-refractivity contribution in [3.63, 3.8) is 0 Å². The van der Waals surface area contributed by atoms with E-state index in [0.29, 0.717) is 16.4 Å². The summed E-state index contributed by atoms with van der Waals surface area (Å²) in [6.45, 7) is 3.68. The van der Waals surface area contributed by atoms with Crippen molar-refractivity contribution >= 4 is 23.8 Å². The molecule has 1 aromatic rings. The quantitative estimate of drug-likeness (QED) is 0.570. The molecule has 1 unspecified atom stereocenters. The van der Waals surface area contributed by atoms with Gasteiger partial charge >= 0.3 is 17.8 Å². The summed E-state index contributed by atoms with van der Waals surface area (Å²) in [4.78, 5) is 49.8. The Kier molecular flexibility index (Phi) is 5.29. The lowest BCUT2D eigenvalue weighted by molar-refractivity contribution is -0.144. The lowest BCUT2D eigenvalue weighted by atomic mass is 10.2. The van der Waals surface area contributed by atoms with Gasteiger partial charge in [0.1, 0.15) is 19.3 Å². The van der Waals surface area contributed by atoms with Crippen LogP contribution in [-0.4, -0.2) is 65.9 Å². The first-order valence-corrected chi connectivity index (χ1v) is 8.69. The van der Waals surface area contributed by atoms with Crippen molar-refractivity contribution in [3.05, 3.63) is 24.3 Å². The zero-order valence-electron chi connectivity index (χ0n) is 15.1. The summed E-state index contributed by atoms with van der Waals surface area (Å²) in [6.07, 6.45) is -0.395. The normalized spacial score (nSPS) is 19.1. The van der Waals surface area contributed by atoms with Crippen molar-refractivity contribution in [1.29, 1.82) is 0 Å². The standard InChI is InChI=1S/C18H21N3O6/c1-11(2)8-20-16(23)17(24)21(18(20)25)9-15(22)19-7-12-10-26-13-5-3-4-6-14(13)27-12/h3-6,11-12H,7-10H2,1-2H3,(H,19,22). The van der Waals surface area contributed by atoms with Gasteiger partial charge in [-0.25, -0.2) is 9.69 Å². The summed E-state index contributed by atoms with van der Waals surface area (Å²) in [7, 11) is 0. The van der Waals surface area contributed by atoms with Crippen LogP contribution in [0.1, 0.15) is 13.8 Å². The third-order valence-electron chi connectivity index (χ3n) is 4.08. The fraction of sp³-hybridized carbons (Fsp3) is 0.444. The summed E-state index contributed by atoms with van der Waals surface area (Å²) in [5.74, 6) is -1.20. The fourth-order valence-electron chi connectivity index (χ4n) is 2.81. The molecule has 1 N–H and O–H groups in total. The molecular weight excluding hydrogens is 354 g/mol. The first kappa shape index (κ1) is 18.7. The van der Waals surface area contributed by atoms with E-state index in [0.717, 1.165) is 4.90 Å². The Hall–Kier alpha value is -3.10. The van der Waals surface area contributed by atoms with Crippen molar-refractivity contribution in [2.75, 3.05) is 26.2 Å². The van der Waals surface area contributed by atoms with E-state index in [-0.39, 0.29) is 25.6 Å². The number of hydrogen-bond acceptors (Lipinski definition) is 6. The van der Waals surface area contributed by atoms with E-state index in [4.69, 9.17) is 9.47 Å². The van der Waals surface area contributed by atoms with Gasteiger partial charge in [0, 0.05) is 6.54 Å². The molecule has 0 aliphatic carbocycles. The maximum Gasteiger partial charge on any atom is 0.334 e. The summed E-state index contributed by atoms with van der Waals surface area (Å²) < 4.78 is 11.3. The van der Waals surface area contributed by atoms with E-state index >= 15 is 0 Å². The van der Waals surface area contributed by atoms with Gasteiger partial charge in [0.15, 0.2) is 11.5 Å². The second kappa shape index (κ2) is 7.65. The topological polar surface area (TPSA) is 105 Å².